The van der Waals surface area contributed by atoms with Crippen molar-refractivity contribution in [3.8, 4) is 5.75 Å². The van der Waals surface area contributed by atoms with Crippen molar-refractivity contribution in [2.24, 2.45) is 0 Å². The molecule has 6 heteroatoms. The second-order valence-corrected chi connectivity index (χ2v) is 6.49. The summed E-state index contributed by atoms with van der Waals surface area (Å²) in [6.07, 6.45) is 0. The molecule has 0 saturated carbocycles. The highest BCUT2D eigenvalue weighted by atomic mass is 35.5. The molecule has 2 aromatic carbocycles. The maximum absolute atomic E-state index is 12.1. The Balaban J connectivity index is 2.19. The number of hydrogen-bond donors (Lipinski definition) is 0. The van der Waals surface area contributed by atoms with Gasteiger partial charge in [-0.25, -0.2) is 4.79 Å². The molecule has 5 nitrogen and oxygen atoms in total. The van der Waals surface area contributed by atoms with E-state index < -0.39 is 10.9 Å². The van der Waals surface area contributed by atoms with Gasteiger partial charge in [-0.3, -0.25) is 10.1 Å². The Labute approximate surface area is 139 Å². The average Bonchev–Trinajstić information content (AvgIpc) is 2.47. The van der Waals surface area contributed by atoms with Gasteiger partial charge in [-0.15, -0.1) is 0 Å². The third-order valence-corrected chi connectivity index (χ3v) is 3.63. The predicted molar refractivity (Wildman–Crippen MR) is 88.2 cm³/mol. The monoisotopic (exact) mass is 333 g/mol. The van der Waals surface area contributed by atoms with Crippen molar-refractivity contribution >= 4 is 23.3 Å². The van der Waals surface area contributed by atoms with Gasteiger partial charge in [0.25, 0.3) is 5.69 Å². The van der Waals surface area contributed by atoms with E-state index in [1.54, 1.807) is 12.1 Å². The lowest BCUT2D eigenvalue weighted by atomic mass is 9.87. The summed E-state index contributed by atoms with van der Waals surface area (Å²) in [5, 5.41) is 10.8. The molecule has 0 heterocycles. The second kappa shape index (κ2) is 6.38. The standard InChI is InChI=1S/C17H16ClNO4/c1-17(2,3)12-5-7-13(8-6-12)23-16(20)11-4-9-14(18)15(10-11)19(21)22/h4-10H,1-3H3. The fraction of sp³-hybridized carbons (Fsp3) is 0.235. The topological polar surface area (TPSA) is 69.4 Å². The first-order valence-electron chi connectivity index (χ1n) is 6.95. The van der Waals surface area contributed by atoms with Gasteiger partial charge in [0, 0.05) is 6.07 Å². The van der Waals surface area contributed by atoms with E-state index in [-0.39, 0.29) is 21.7 Å². The van der Waals surface area contributed by atoms with Crippen LogP contribution in [0.25, 0.3) is 0 Å². The number of nitro groups is 1. The first kappa shape index (κ1) is 17.0. The minimum Gasteiger partial charge on any atom is -0.423 e. The van der Waals surface area contributed by atoms with E-state index in [1.165, 1.54) is 12.1 Å². The number of carbonyl (C=O) groups is 1. The number of nitro benzene ring substituents is 1. The zero-order valence-electron chi connectivity index (χ0n) is 13.0. The van der Waals surface area contributed by atoms with Crippen molar-refractivity contribution in [1.82, 2.24) is 0 Å². The largest absolute Gasteiger partial charge is 0.423 e. The molecule has 0 aliphatic rings. The van der Waals surface area contributed by atoms with Crippen LogP contribution in [0.1, 0.15) is 36.7 Å². The molecule has 0 N–H and O–H groups in total. The van der Waals surface area contributed by atoms with Crippen molar-refractivity contribution in [2.45, 2.75) is 26.2 Å². The smallest absolute Gasteiger partial charge is 0.343 e. The molecule has 0 fully saturated rings. The molecule has 2 aromatic rings. The maximum atomic E-state index is 12.1. The highest BCUT2D eigenvalue weighted by Crippen LogP contribution is 2.27. The molecule has 0 aliphatic heterocycles. The molecule has 0 saturated heterocycles. The fourth-order valence-corrected chi connectivity index (χ4v) is 2.16. The molecule has 0 aromatic heterocycles. The van der Waals surface area contributed by atoms with Gasteiger partial charge in [0.05, 0.1) is 10.5 Å². The molecule has 0 aliphatic carbocycles. The van der Waals surface area contributed by atoms with E-state index >= 15 is 0 Å². The SMILES string of the molecule is CC(C)(C)c1ccc(OC(=O)c2ccc(Cl)c([N+](=O)[O-])c2)cc1. The molecule has 23 heavy (non-hydrogen) atoms. The van der Waals surface area contributed by atoms with Crippen LogP contribution in [-0.4, -0.2) is 10.9 Å². The molecule has 0 radical (unpaired) electrons. The summed E-state index contributed by atoms with van der Waals surface area (Å²) < 4.78 is 5.24. The molecular formula is C17H16ClNO4. The van der Waals surface area contributed by atoms with Crippen LogP contribution in [0.4, 0.5) is 5.69 Å². The lowest BCUT2D eigenvalue weighted by molar-refractivity contribution is -0.384. The van der Waals surface area contributed by atoms with Gasteiger partial charge < -0.3 is 4.74 Å². The molecule has 120 valence electrons. The molecule has 2 rings (SSSR count). The number of rotatable bonds is 3. The van der Waals surface area contributed by atoms with Gasteiger partial charge >= 0.3 is 5.97 Å². The van der Waals surface area contributed by atoms with E-state index in [4.69, 9.17) is 16.3 Å². The van der Waals surface area contributed by atoms with Gasteiger partial charge in [-0.2, -0.15) is 0 Å². The number of halogens is 1. The van der Waals surface area contributed by atoms with Crippen LogP contribution >= 0.6 is 11.6 Å². The summed E-state index contributed by atoms with van der Waals surface area (Å²) in [6, 6.07) is 11.0. The lowest BCUT2D eigenvalue weighted by Gasteiger charge is -2.19. The third-order valence-electron chi connectivity index (χ3n) is 3.31. The Kier molecular flexibility index (Phi) is 4.71. The van der Waals surface area contributed by atoms with Gasteiger partial charge in [0.15, 0.2) is 0 Å². The van der Waals surface area contributed by atoms with Crippen LogP contribution in [0.5, 0.6) is 5.75 Å². The highest BCUT2D eigenvalue weighted by Gasteiger charge is 2.18. The summed E-state index contributed by atoms with van der Waals surface area (Å²) in [5.74, 6) is -0.297. The van der Waals surface area contributed by atoms with Crippen molar-refractivity contribution < 1.29 is 14.5 Å². The van der Waals surface area contributed by atoms with Crippen LogP contribution in [0.15, 0.2) is 42.5 Å². The Morgan fingerprint density at radius 3 is 2.26 bits per heavy atom. The summed E-state index contributed by atoms with van der Waals surface area (Å²) >= 11 is 5.72. The van der Waals surface area contributed by atoms with Gasteiger partial charge in [-0.1, -0.05) is 44.5 Å². The number of esters is 1. The van der Waals surface area contributed by atoms with Gasteiger partial charge in [-0.05, 0) is 35.2 Å². The zero-order valence-corrected chi connectivity index (χ0v) is 13.8. The molecule has 0 atom stereocenters. The molecule has 0 spiro atoms. The van der Waals surface area contributed by atoms with Crippen molar-refractivity contribution in [3.63, 3.8) is 0 Å². The third kappa shape index (κ3) is 4.07. The zero-order chi connectivity index (χ0) is 17.2. The summed E-state index contributed by atoms with van der Waals surface area (Å²) in [5.41, 5.74) is 0.851. The van der Waals surface area contributed by atoms with Crippen molar-refractivity contribution in [2.75, 3.05) is 0 Å². The Morgan fingerprint density at radius 1 is 1.13 bits per heavy atom. The summed E-state index contributed by atoms with van der Waals surface area (Å²) in [7, 11) is 0. The van der Waals surface area contributed by atoms with Gasteiger partial charge in [0.1, 0.15) is 10.8 Å². The average molecular weight is 334 g/mol. The minimum atomic E-state index is -0.673. The number of benzene rings is 2. The first-order chi connectivity index (χ1) is 10.7. The van der Waals surface area contributed by atoms with Crippen LogP contribution in [-0.2, 0) is 5.41 Å². The van der Waals surface area contributed by atoms with E-state index in [2.05, 4.69) is 20.8 Å². The molecule has 0 unspecified atom stereocenters. The molecular weight excluding hydrogens is 318 g/mol. The first-order valence-corrected chi connectivity index (χ1v) is 7.33. The Morgan fingerprint density at radius 2 is 1.74 bits per heavy atom. The minimum absolute atomic E-state index is 0.000665. The fourth-order valence-electron chi connectivity index (χ4n) is 1.97. The molecule has 0 bridgehead atoms. The summed E-state index contributed by atoms with van der Waals surface area (Å²) in [4.78, 5) is 22.3. The Hall–Kier alpha value is -2.40. The number of nitrogens with zero attached hydrogens (tertiary/aromatic N) is 1. The Bertz CT molecular complexity index is 748. The van der Waals surface area contributed by atoms with Crippen LogP contribution in [0, 0.1) is 10.1 Å². The number of ether oxygens (including phenoxy) is 1. The van der Waals surface area contributed by atoms with Crippen LogP contribution in [0.3, 0.4) is 0 Å². The van der Waals surface area contributed by atoms with E-state index in [0.29, 0.717) is 5.75 Å². The normalized spacial score (nSPS) is 11.1. The van der Waals surface area contributed by atoms with E-state index in [0.717, 1.165) is 11.6 Å². The highest BCUT2D eigenvalue weighted by molar-refractivity contribution is 6.32. The van der Waals surface area contributed by atoms with Crippen LogP contribution in [0.2, 0.25) is 5.02 Å². The number of carbonyl (C=O) groups excluding carboxylic acids is 1. The predicted octanol–water partition coefficient (Wildman–Crippen LogP) is 4.76. The quantitative estimate of drug-likeness (QED) is 0.351. The maximum Gasteiger partial charge on any atom is 0.343 e. The summed E-state index contributed by atoms with van der Waals surface area (Å²) in [6.45, 7) is 6.25. The lowest BCUT2D eigenvalue weighted by Crippen LogP contribution is -2.12. The van der Waals surface area contributed by atoms with Gasteiger partial charge in [0.2, 0.25) is 0 Å². The number of hydrogen-bond acceptors (Lipinski definition) is 4. The molecule has 0 amide bonds. The van der Waals surface area contributed by atoms with Crippen LogP contribution < -0.4 is 4.74 Å². The van der Waals surface area contributed by atoms with Crippen molar-refractivity contribution in [1.29, 1.82) is 0 Å². The van der Waals surface area contributed by atoms with Crippen molar-refractivity contribution in [3.05, 3.63) is 68.7 Å². The van der Waals surface area contributed by atoms with E-state index in [9.17, 15) is 14.9 Å². The second-order valence-electron chi connectivity index (χ2n) is 6.09. The van der Waals surface area contributed by atoms with E-state index in [1.807, 2.05) is 12.1 Å².